The Morgan fingerprint density at radius 2 is 1.55 bits per heavy atom. The summed E-state index contributed by atoms with van der Waals surface area (Å²) in [5.41, 5.74) is 2.11. The van der Waals surface area contributed by atoms with Crippen LogP contribution in [0.15, 0.2) is 54.6 Å². The van der Waals surface area contributed by atoms with E-state index in [1.54, 1.807) is 0 Å². The van der Waals surface area contributed by atoms with Crippen LogP contribution in [0.5, 0.6) is 5.75 Å². The summed E-state index contributed by atoms with van der Waals surface area (Å²) >= 11 is 3.37. The molecule has 0 spiro atoms. The Balaban J connectivity index is 2.04. The number of esters is 1. The first kappa shape index (κ1) is 14.8. The Hall–Kier alpha value is -1.61. The summed E-state index contributed by atoms with van der Waals surface area (Å²) in [5.74, 6) is 0.723. The van der Waals surface area contributed by atoms with Crippen LogP contribution in [0, 0.1) is 0 Å². The summed E-state index contributed by atoms with van der Waals surface area (Å²) in [6.07, 6.45) is 0. The fourth-order valence-electron chi connectivity index (χ4n) is 1.85. The summed E-state index contributed by atoms with van der Waals surface area (Å²) in [5, 5.41) is 0. The van der Waals surface area contributed by atoms with Gasteiger partial charge in [-0.15, -0.1) is 0 Å². The second kappa shape index (κ2) is 6.71. The molecule has 3 heteroatoms. The zero-order valence-corrected chi connectivity index (χ0v) is 13.1. The molecule has 0 aromatic heterocycles. The fourth-order valence-corrected chi connectivity index (χ4v) is 2.25. The normalized spacial score (nSPS) is 12.2. The lowest BCUT2D eigenvalue weighted by Gasteiger charge is -2.11. The van der Waals surface area contributed by atoms with Crippen molar-refractivity contribution in [2.75, 3.05) is 0 Å². The lowest BCUT2D eigenvalue weighted by molar-refractivity contribution is -0.133. The first-order valence-electron chi connectivity index (χ1n) is 6.58. The molecule has 0 radical (unpaired) electrons. The van der Waals surface area contributed by atoms with E-state index >= 15 is 0 Å². The molecule has 1 atom stereocenters. The molecular weight excluding hydrogens is 316 g/mol. The van der Waals surface area contributed by atoms with Gasteiger partial charge < -0.3 is 4.74 Å². The van der Waals surface area contributed by atoms with E-state index in [9.17, 15) is 4.79 Å². The van der Waals surface area contributed by atoms with E-state index in [1.807, 2.05) is 54.6 Å². The Morgan fingerprint density at radius 3 is 2.10 bits per heavy atom. The number of benzene rings is 2. The molecule has 0 bridgehead atoms. The van der Waals surface area contributed by atoms with Gasteiger partial charge in [0.2, 0.25) is 0 Å². The summed E-state index contributed by atoms with van der Waals surface area (Å²) in [4.78, 5) is 11.6. The number of carbonyl (C=O) groups excluding carboxylic acids is 1. The van der Waals surface area contributed by atoms with Crippen LogP contribution in [0.2, 0.25) is 0 Å². The van der Waals surface area contributed by atoms with Gasteiger partial charge in [-0.1, -0.05) is 72.2 Å². The van der Waals surface area contributed by atoms with Crippen molar-refractivity contribution in [2.45, 2.75) is 24.6 Å². The van der Waals surface area contributed by atoms with Gasteiger partial charge in [0.15, 0.2) is 0 Å². The first-order valence-corrected chi connectivity index (χ1v) is 7.50. The molecule has 0 saturated heterocycles. The standard InChI is InChI=1S/C17H17BrO2/c1-12(2)13-8-10-15(11-9-13)20-17(19)16(18)14-6-4-3-5-7-14/h3-12,16H,1-2H3. The number of carbonyl (C=O) groups is 1. The highest BCUT2D eigenvalue weighted by Gasteiger charge is 2.19. The molecule has 104 valence electrons. The molecular formula is C17H17BrO2. The van der Waals surface area contributed by atoms with Gasteiger partial charge in [0.25, 0.3) is 0 Å². The zero-order chi connectivity index (χ0) is 14.5. The molecule has 0 heterocycles. The highest BCUT2D eigenvalue weighted by molar-refractivity contribution is 9.09. The van der Waals surface area contributed by atoms with Crippen molar-refractivity contribution in [3.63, 3.8) is 0 Å². The maximum Gasteiger partial charge on any atom is 0.329 e. The van der Waals surface area contributed by atoms with Crippen LogP contribution in [-0.4, -0.2) is 5.97 Å². The minimum atomic E-state index is -0.450. The second-order valence-electron chi connectivity index (χ2n) is 4.92. The third kappa shape index (κ3) is 3.70. The number of ether oxygens (including phenoxy) is 1. The predicted octanol–water partition coefficient (Wildman–Crippen LogP) is 4.85. The second-order valence-corrected chi connectivity index (χ2v) is 5.83. The van der Waals surface area contributed by atoms with Crippen molar-refractivity contribution < 1.29 is 9.53 Å². The third-order valence-electron chi connectivity index (χ3n) is 3.06. The van der Waals surface area contributed by atoms with Gasteiger partial charge in [-0.25, -0.2) is 0 Å². The molecule has 0 saturated carbocycles. The van der Waals surface area contributed by atoms with Crippen molar-refractivity contribution in [3.8, 4) is 5.75 Å². The molecule has 2 aromatic carbocycles. The Labute approximate surface area is 127 Å². The smallest absolute Gasteiger partial charge is 0.329 e. The van der Waals surface area contributed by atoms with Gasteiger partial charge in [-0.2, -0.15) is 0 Å². The summed E-state index contributed by atoms with van der Waals surface area (Å²) in [6, 6.07) is 17.1. The van der Waals surface area contributed by atoms with Crippen molar-refractivity contribution >= 4 is 21.9 Å². The predicted molar refractivity (Wildman–Crippen MR) is 84.3 cm³/mol. The monoisotopic (exact) mass is 332 g/mol. The molecule has 1 unspecified atom stereocenters. The van der Waals surface area contributed by atoms with Crippen molar-refractivity contribution in [3.05, 3.63) is 65.7 Å². The minimum absolute atomic E-state index is 0.312. The number of hydrogen-bond acceptors (Lipinski definition) is 2. The third-order valence-corrected chi connectivity index (χ3v) is 3.97. The average Bonchev–Trinajstić information content (AvgIpc) is 2.48. The lowest BCUT2D eigenvalue weighted by Crippen LogP contribution is -2.14. The van der Waals surface area contributed by atoms with Gasteiger partial charge in [-0.3, -0.25) is 4.79 Å². The van der Waals surface area contributed by atoms with E-state index in [0.717, 1.165) is 5.56 Å². The molecule has 0 amide bonds. The summed E-state index contributed by atoms with van der Waals surface area (Å²) < 4.78 is 5.38. The zero-order valence-electron chi connectivity index (χ0n) is 11.5. The highest BCUT2D eigenvalue weighted by atomic mass is 79.9. The van der Waals surface area contributed by atoms with Crippen LogP contribution in [0.3, 0.4) is 0 Å². The summed E-state index contributed by atoms with van der Waals surface area (Å²) in [7, 11) is 0. The molecule has 2 aromatic rings. The van der Waals surface area contributed by atoms with E-state index < -0.39 is 4.83 Å². The van der Waals surface area contributed by atoms with Gasteiger partial charge in [0, 0.05) is 0 Å². The van der Waals surface area contributed by atoms with E-state index in [1.165, 1.54) is 5.56 Å². The maximum atomic E-state index is 12.1. The van der Waals surface area contributed by atoms with Crippen LogP contribution >= 0.6 is 15.9 Å². The SMILES string of the molecule is CC(C)c1ccc(OC(=O)C(Br)c2ccccc2)cc1. The van der Waals surface area contributed by atoms with Crippen molar-refractivity contribution in [1.82, 2.24) is 0 Å². The number of rotatable bonds is 4. The fraction of sp³-hybridized carbons (Fsp3) is 0.235. The molecule has 0 aliphatic heterocycles. The van der Waals surface area contributed by atoms with Crippen molar-refractivity contribution in [1.29, 1.82) is 0 Å². The molecule has 2 nitrogen and oxygen atoms in total. The van der Waals surface area contributed by atoms with Crippen LogP contribution in [0.4, 0.5) is 0 Å². The first-order chi connectivity index (χ1) is 9.58. The number of halogens is 1. The Bertz CT molecular complexity index is 561. The molecule has 0 N–H and O–H groups in total. The average molecular weight is 333 g/mol. The van der Waals surface area contributed by atoms with Gasteiger partial charge >= 0.3 is 5.97 Å². The van der Waals surface area contributed by atoms with E-state index in [4.69, 9.17) is 4.74 Å². The Kier molecular flexibility index (Phi) is 4.96. The van der Waals surface area contributed by atoms with Crippen molar-refractivity contribution in [2.24, 2.45) is 0 Å². The largest absolute Gasteiger partial charge is 0.425 e. The Morgan fingerprint density at radius 1 is 0.950 bits per heavy atom. The van der Waals surface area contributed by atoms with Gasteiger partial charge in [0.05, 0.1) is 0 Å². The lowest BCUT2D eigenvalue weighted by atomic mass is 10.0. The minimum Gasteiger partial charge on any atom is -0.425 e. The highest BCUT2D eigenvalue weighted by Crippen LogP contribution is 2.26. The van der Waals surface area contributed by atoms with Crippen LogP contribution in [0.25, 0.3) is 0 Å². The van der Waals surface area contributed by atoms with E-state index in [0.29, 0.717) is 11.7 Å². The number of alkyl halides is 1. The van der Waals surface area contributed by atoms with Gasteiger partial charge in [0.1, 0.15) is 10.6 Å². The topological polar surface area (TPSA) is 26.3 Å². The van der Waals surface area contributed by atoms with Crippen LogP contribution < -0.4 is 4.74 Å². The van der Waals surface area contributed by atoms with E-state index in [2.05, 4.69) is 29.8 Å². The van der Waals surface area contributed by atoms with Gasteiger partial charge in [-0.05, 0) is 29.2 Å². The van der Waals surface area contributed by atoms with Crippen LogP contribution in [-0.2, 0) is 4.79 Å². The maximum absolute atomic E-state index is 12.1. The molecule has 20 heavy (non-hydrogen) atoms. The summed E-state index contributed by atoms with van der Waals surface area (Å²) in [6.45, 7) is 4.26. The molecule has 0 fully saturated rings. The molecule has 0 aliphatic rings. The quantitative estimate of drug-likeness (QED) is 0.454. The number of hydrogen-bond donors (Lipinski definition) is 0. The van der Waals surface area contributed by atoms with Crippen LogP contribution in [0.1, 0.15) is 35.7 Å². The molecule has 2 rings (SSSR count). The van der Waals surface area contributed by atoms with E-state index in [-0.39, 0.29) is 5.97 Å². The molecule has 0 aliphatic carbocycles.